The fraction of sp³-hybridized carbons (Fsp3) is 0.333. The first-order valence-corrected chi connectivity index (χ1v) is 5.68. The molecule has 2 nitrogen and oxygen atoms in total. The summed E-state index contributed by atoms with van der Waals surface area (Å²) in [5.41, 5.74) is 1.06. The van der Waals surface area contributed by atoms with Crippen LogP contribution in [0.3, 0.4) is 0 Å². The first kappa shape index (κ1) is 12.9. The van der Waals surface area contributed by atoms with Gasteiger partial charge in [0, 0.05) is 18.2 Å². The van der Waals surface area contributed by atoms with Gasteiger partial charge in [0.15, 0.2) is 5.12 Å². The number of ketones is 1. The van der Waals surface area contributed by atoms with E-state index in [1.54, 1.807) is 13.0 Å². The molecule has 0 unspecified atom stereocenters. The van der Waals surface area contributed by atoms with Crippen molar-refractivity contribution in [2.24, 2.45) is 0 Å². The summed E-state index contributed by atoms with van der Waals surface area (Å²) in [5, 5.41) is -0.0523. The molecule has 0 aliphatic carbocycles. The summed E-state index contributed by atoms with van der Waals surface area (Å²) in [6.45, 7) is 4.61. The van der Waals surface area contributed by atoms with Crippen molar-refractivity contribution in [3.8, 4) is 0 Å². The van der Waals surface area contributed by atoms with Gasteiger partial charge in [-0.3, -0.25) is 9.59 Å². The number of aryl methyl sites for hydroxylation is 1. The van der Waals surface area contributed by atoms with Crippen LogP contribution >= 0.6 is 11.8 Å². The third kappa shape index (κ3) is 3.45. The summed E-state index contributed by atoms with van der Waals surface area (Å²) in [6.07, 6.45) is 0.0670. The van der Waals surface area contributed by atoms with Gasteiger partial charge in [-0.2, -0.15) is 0 Å². The van der Waals surface area contributed by atoms with Crippen molar-refractivity contribution in [1.29, 1.82) is 0 Å². The summed E-state index contributed by atoms with van der Waals surface area (Å²) in [4.78, 5) is 22.6. The molecule has 16 heavy (non-hydrogen) atoms. The topological polar surface area (TPSA) is 34.1 Å². The van der Waals surface area contributed by atoms with Gasteiger partial charge in [-0.25, -0.2) is 4.39 Å². The molecule has 1 aromatic carbocycles. The van der Waals surface area contributed by atoms with Gasteiger partial charge >= 0.3 is 0 Å². The summed E-state index contributed by atoms with van der Waals surface area (Å²) in [5.74, 6) is -0.484. The van der Waals surface area contributed by atoms with Gasteiger partial charge in [0.05, 0.1) is 0 Å². The molecule has 0 aliphatic rings. The van der Waals surface area contributed by atoms with Crippen LogP contribution in [-0.2, 0) is 16.0 Å². The summed E-state index contributed by atoms with van der Waals surface area (Å²) < 4.78 is 13.5. The Morgan fingerprint density at radius 2 is 1.94 bits per heavy atom. The van der Waals surface area contributed by atoms with Crippen LogP contribution in [-0.4, -0.2) is 10.9 Å². The van der Waals surface area contributed by atoms with E-state index in [-0.39, 0.29) is 23.1 Å². The highest BCUT2D eigenvalue weighted by molar-refractivity contribution is 8.13. The molecule has 0 N–H and O–H groups in total. The molecule has 1 rings (SSSR count). The van der Waals surface area contributed by atoms with E-state index >= 15 is 0 Å². The van der Waals surface area contributed by atoms with Crippen molar-refractivity contribution < 1.29 is 14.0 Å². The Morgan fingerprint density at radius 1 is 1.31 bits per heavy atom. The van der Waals surface area contributed by atoms with Gasteiger partial charge in [-0.15, -0.1) is 0 Å². The lowest BCUT2D eigenvalue weighted by Gasteiger charge is -2.07. The van der Waals surface area contributed by atoms with Gasteiger partial charge < -0.3 is 0 Å². The van der Waals surface area contributed by atoms with Crippen LogP contribution in [0.5, 0.6) is 0 Å². The summed E-state index contributed by atoms with van der Waals surface area (Å²) in [7, 11) is 0. The van der Waals surface area contributed by atoms with E-state index in [0.717, 1.165) is 11.8 Å². The molecular weight excluding hydrogens is 227 g/mol. The van der Waals surface area contributed by atoms with Gasteiger partial charge in [0.2, 0.25) is 0 Å². The lowest BCUT2D eigenvalue weighted by Crippen LogP contribution is -2.01. The fourth-order valence-corrected chi connectivity index (χ4v) is 2.09. The number of carbonyl (C=O) groups is 2. The molecule has 86 valence electrons. The van der Waals surface area contributed by atoms with E-state index in [1.807, 2.05) is 0 Å². The van der Waals surface area contributed by atoms with Gasteiger partial charge in [0.25, 0.3) is 0 Å². The number of Topliss-reactive ketones (excluding diaryl/α,β-unsaturated/α-hetero) is 1. The first-order chi connectivity index (χ1) is 7.40. The Kier molecular flexibility index (Phi) is 4.24. The quantitative estimate of drug-likeness (QED) is 0.762. The molecule has 0 saturated heterocycles. The highest BCUT2D eigenvalue weighted by Gasteiger charge is 2.10. The molecule has 0 fully saturated rings. The minimum absolute atomic E-state index is 0.0523. The van der Waals surface area contributed by atoms with Crippen LogP contribution in [0.25, 0.3) is 0 Å². The minimum Gasteiger partial charge on any atom is -0.300 e. The number of thioether (sulfide) groups is 1. The highest BCUT2D eigenvalue weighted by atomic mass is 32.2. The van der Waals surface area contributed by atoms with E-state index in [9.17, 15) is 14.0 Å². The van der Waals surface area contributed by atoms with E-state index in [4.69, 9.17) is 0 Å². The van der Waals surface area contributed by atoms with Crippen LogP contribution < -0.4 is 0 Å². The zero-order valence-corrected chi connectivity index (χ0v) is 10.3. The summed E-state index contributed by atoms with van der Waals surface area (Å²) >= 11 is 1.06. The molecule has 0 heterocycles. The van der Waals surface area contributed by atoms with E-state index in [2.05, 4.69) is 0 Å². The van der Waals surface area contributed by atoms with Gasteiger partial charge in [0.1, 0.15) is 11.6 Å². The second kappa shape index (κ2) is 5.25. The fourth-order valence-electron chi connectivity index (χ4n) is 1.36. The Balaban J connectivity index is 3.10. The Hall–Kier alpha value is -1.16. The number of halogens is 1. The maximum absolute atomic E-state index is 13.5. The average molecular weight is 240 g/mol. The van der Waals surface area contributed by atoms with E-state index in [1.165, 1.54) is 19.9 Å². The van der Waals surface area contributed by atoms with Crippen LogP contribution in [0.2, 0.25) is 0 Å². The highest BCUT2D eigenvalue weighted by Crippen LogP contribution is 2.26. The van der Waals surface area contributed by atoms with Crippen molar-refractivity contribution in [2.45, 2.75) is 32.1 Å². The molecule has 0 spiro atoms. The van der Waals surface area contributed by atoms with Gasteiger partial charge in [-0.1, -0.05) is 11.8 Å². The largest absolute Gasteiger partial charge is 0.300 e. The molecule has 0 bridgehead atoms. The van der Waals surface area contributed by atoms with Crippen molar-refractivity contribution in [2.75, 3.05) is 0 Å². The smallest absolute Gasteiger partial charge is 0.190 e. The van der Waals surface area contributed by atoms with Crippen molar-refractivity contribution in [1.82, 2.24) is 0 Å². The van der Waals surface area contributed by atoms with Crippen LogP contribution in [0.1, 0.15) is 25.0 Å². The maximum Gasteiger partial charge on any atom is 0.190 e. The van der Waals surface area contributed by atoms with Crippen LogP contribution in [0.4, 0.5) is 4.39 Å². The third-order valence-electron chi connectivity index (χ3n) is 2.04. The Bertz CT molecular complexity index is 404. The van der Waals surface area contributed by atoms with Crippen molar-refractivity contribution >= 4 is 22.7 Å². The maximum atomic E-state index is 13.5. The van der Waals surface area contributed by atoms with Crippen molar-refractivity contribution in [3.63, 3.8) is 0 Å². The van der Waals surface area contributed by atoms with Crippen molar-refractivity contribution in [3.05, 3.63) is 29.1 Å². The number of hydrogen-bond acceptors (Lipinski definition) is 3. The SMILES string of the molecule is CC(=O)Cc1cc(SC(C)=O)c(C)cc1F. The normalized spacial score (nSPS) is 10.2. The van der Waals surface area contributed by atoms with Gasteiger partial charge in [-0.05, 0) is 37.1 Å². The van der Waals surface area contributed by atoms with E-state index in [0.29, 0.717) is 16.0 Å². The molecule has 4 heteroatoms. The molecule has 0 aliphatic heterocycles. The molecular formula is C12H13FO2S. The summed E-state index contributed by atoms with van der Waals surface area (Å²) in [6, 6.07) is 2.95. The number of carbonyl (C=O) groups excluding carboxylic acids is 2. The van der Waals surface area contributed by atoms with Crippen LogP contribution in [0, 0.1) is 12.7 Å². The second-order valence-corrected chi connectivity index (χ2v) is 4.90. The van der Waals surface area contributed by atoms with E-state index < -0.39 is 0 Å². The monoisotopic (exact) mass is 240 g/mol. The molecule has 1 aromatic rings. The average Bonchev–Trinajstić information content (AvgIpc) is 2.11. The predicted molar refractivity (Wildman–Crippen MR) is 62.1 cm³/mol. The molecule has 0 atom stereocenters. The number of benzene rings is 1. The molecule has 0 radical (unpaired) electrons. The molecule has 0 saturated carbocycles. The third-order valence-corrected chi connectivity index (χ3v) is 2.98. The first-order valence-electron chi connectivity index (χ1n) is 4.87. The minimum atomic E-state index is -0.388. The second-order valence-electron chi connectivity index (χ2n) is 3.68. The molecule has 0 amide bonds. The standard InChI is InChI=1S/C12H13FO2S/c1-7-4-11(13)10(5-8(2)14)6-12(7)16-9(3)15/h4,6H,5H2,1-3H3. The Labute approximate surface area is 98.2 Å². The Morgan fingerprint density at radius 3 is 2.44 bits per heavy atom. The number of hydrogen-bond donors (Lipinski definition) is 0. The lowest BCUT2D eigenvalue weighted by molar-refractivity contribution is -0.116. The molecule has 0 aromatic heterocycles. The van der Waals surface area contributed by atoms with Crippen LogP contribution in [0.15, 0.2) is 17.0 Å². The zero-order valence-electron chi connectivity index (χ0n) is 9.46. The lowest BCUT2D eigenvalue weighted by atomic mass is 10.1. The number of rotatable bonds is 3. The zero-order chi connectivity index (χ0) is 12.3. The predicted octanol–water partition coefficient (Wildman–Crippen LogP) is 2.90.